The minimum Gasteiger partial charge on any atom is -0.497 e. The van der Waals surface area contributed by atoms with E-state index in [4.69, 9.17) is 18.9 Å². The maximum atomic E-state index is 11.8. The van der Waals surface area contributed by atoms with Crippen LogP contribution in [-0.2, 0) is 16.0 Å². The molecule has 0 aromatic heterocycles. The van der Waals surface area contributed by atoms with Crippen LogP contribution in [0.3, 0.4) is 0 Å². The quantitative estimate of drug-likeness (QED) is 0.649. The van der Waals surface area contributed by atoms with Crippen LogP contribution < -0.4 is 19.5 Å². The number of fused-ring (bicyclic) bond motifs is 2. The number of carbonyl (C=O) groups excluding carboxylic acids is 1. The van der Waals surface area contributed by atoms with Crippen molar-refractivity contribution in [3.05, 3.63) is 47.0 Å². The summed E-state index contributed by atoms with van der Waals surface area (Å²) in [4.78, 5) is 13.7. The van der Waals surface area contributed by atoms with Crippen LogP contribution in [0.15, 0.2) is 30.3 Å². The van der Waals surface area contributed by atoms with Gasteiger partial charge in [0.15, 0.2) is 11.5 Å². The minimum atomic E-state index is -0.187. The predicted molar refractivity (Wildman–Crippen MR) is 118 cm³/mol. The normalized spacial score (nSPS) is 21.7. The predicted octanol–water partition coefficient (Wildman–Crippen LogP) is 3.73. The number of hydrogen-bond acceptors (Lipinski definition) is 6. The highest BCUT2D eigenvalue weighted by molar-refractivity contribution is 5.61. The zero-order valence-electron chi connectivity index (χ0n) is 18.5. The van der Waals surface area contributed by atoms with Crippen molar-refractivity contribution in [1.82, 2.24) is 4.90 Å². The van der Waals surface area contributed by atoms with E-state index >= 15 is 0 Å². The fourth-order valence-corrected chi connectivity index (χ4v) is 4.52. The molecule has 7 nitrogen and oxygen atoms in total. The highest BCUT2D eigenvalue weighted by Crippen LogP contribution is 2.42. The van der Waals surface area contributed by atoms with Crippen LogP contribution in [0.4, 0.5) is 5.69 Å². The first kappa shape index (κ1) is 21.3. The summed E-state index contributed by atoms with van der Waals surface area (Å²) in [6, 6.07) is 9.92. The van der Waals surface area contributed by atoms with Gasteiger partial charge in [-0.25, -0.2) is 0 Å². The molecule has 0 spiro atoms. The Kier molecular flexibility index (Phi) is 6.23. The molecule has 3 atom stereocenters. The van der Waals surface area contributed by atoms with Crippen LogP contribution in [0.2, 0.25) is 0 Å². The number of ether oxygens (including phenoxy) is 4. The molecule has 2 aliphatic rings. The molecule has 1 amide bonds. The number of methoxy groups -OCH3 is 2. The number of benzene rings is 2. The summed E-state index contributed by atoms with van der Waals surface area (Å²) in [6.07, 6.45) is 1.55. The minimum absolute atomic E-state index is 0.115. The number of anilines is 1. The molecule has 2 aromatic carbocycles. The van der Waals surface area contributed by atoms with Crippen molar-refractivity contribution in [1.29, 1.82) is 0 Å². The van der Waals surface area contributed by atoms with Crippen molar-refractivity contribution >= 4 is 12.1 Å². The Morgan fingerprint density at radius 3 is 2.68 bits per heavy atom. The van der Waals surface area contributed by atoms with Gasteiger partial charge in [0.1, 0.15) is 11.9 Å². The van der Waals surface area contributed by atoms with Crippen LogP contribution in [0.1, 0.15) is 42.7 Å². The topological polar surface area (TPSA) is 69.3 Å². The van der Waals surface area contributed by atoms with E-state index in [1.807, 2.05) is 42.2 Å². The van der Waals surface area contributed by atoms with Gasteiger partial charge in [0.05, 0.1) is 39.5 Å². The van der Waals surface area contributed by atoms with E-state index in [1.54, 1.807) is 14.2 Å². The maximum Gasteiger partial charge on any atom is 0.210 e. The summed E-state index contributed by atoms with van der Waals surface area (Å²) >= 11 is 0. The van der Waals surface area contributed by atoms with E-state index in [1.165, 1.54) is 0 Å². The Balaban J connectivity index is 1.61. The molecule has 2 aromatic rings. The molecule has 4 rings (SSSR count). The SMILES string of the molecule is CCOc1cc2c(cc1OC)CCN(C=O)[C@@H]2COC1c2cc(OC)ccc2NC1C. The zero-order valence-corrected chi connectivity index (χ0v) is 18.5. The molecular formula is C24H30N2O5. The van der Waals surface area contributed by atoms with Gasteiger partial charge in [0, 0.05) is 17.8 Å². The standard InChI is InChI=1S/C24H30N2O5/c1-5-30-23-12-18-16(10-22(23)29-4)8-9-26(14-27)21(18)13-31-24-15(2)25-20-7-6-17(28-3)11-19(20)24/h6-7,10-12,14-15,21,24-25H,5,8-9,13H2,1-4H3/t15?,21-,24?/m1/s1. The number of hydrogen-bond donors (Lipinski definition) is 1. The van der Waals surface area contributed by atoms with E-state index in [9.17, 15) is 4.79 Å². The van der Waals surface area contributed by atoms with Gasteiger partial charge < -0.3 is 29.2 Å². The van der Waals surface area contributed by atoms with Gasteiger partial charge in [-0.3, -0.25) is 4.79 Å². The number of amides is 1. The largest absolute Gasteiger partial charge is 0.497 e. The Bertz CT molecular complexity index is 948. The summed E-state index contributed by atoms with van der Waals surface area (Å²) in [7, 11) is 3.31. The lowest BCUT2D eigenvalue weighted by molar-refractivity contribution is -0.123. The monoisotopic (exact) mass is 426 g/mol. The van der Waals surface area contributed by atoms with E-state index in [2.05, 4.69) is 12.2 Å². The molecule has 1 N–H and O–H groups in total. The summed E-state index contributed by atoms with van der Waals surface area (Å²) in [5, 5.41) is 3.47. The summed E-state index contributed by atoms with van der Waals surface area (Å²) in [5.41, 5.74) is 4.34. The Morgan fingerprint density at radius 1 is 1.13 bits per heavy atom. The van der Waals surface area contributed by atoms with E-state index in [-0.39, 0.29) is 18.2 Å². The van der Waals surface area contributed by atoms with E-state index in [0.29, 0.717) is 25.5 Å². The van der Waals surface area contributed by atoms with Gasteiger partial charge in [-0.2, -0.15) is 0 Å². The zero-order chi connectivity index (χ0) is 22.0. The number of nitrogens with zero attached hydrogens (tertiary/aromatic N) is 1. The Morgan fingerprint density at radius 2 is 1.97 bits per heavy atom. The second-order valence-electron chi connectivity index (χ2n) is 7.88. The Hall–Kier alpha value is -2.93. The van der Waals surface area contributed by atoms with Gasteiger partial charge in [0.2, 0.25) is 6.41 Å². The first-order valence-electron chi connectivity index (χ1n) is 10.7. The number of carbonyl (C=O) groups is 1. The van der Waals surface area contributed by atoms with E-state index < -0.39 is 0 Å². The molecule has 0 saturated heterocycles. The van der Waals surface area contributed by atoms with Gasteiger partial charge in [-0.1, -0.05) is 0 Å². The van der Waals surface area contributed by atoms with Crippen molar-refractivity contribution < 1.29 is 23.7 Å². The molecule has 0 radical (unpaired) electrons. The van der Waals surface area contributed by atoms with Crippen molar-refractivity contribution in [3.63, 3.8) is 0 Å². The third-order valence-corrected chi connectivity index (χ3v) is 6.10. The molecule has 166 valence electrons. The van der Waals surface area contributed by atoms with Crippen molar-refractivity contribution in [2.75, 3.05) is 39.3 Å². The lowest BCUT2D eigenvalue weighted by atomic mass is 9.92. The molecule has 0 saturated carbocycles. The Labute approximate surface area is 183 Å². The second kappa shape index (κ2) is 9.06. The third-order valence-electron chi connectivity index (χ3n) is 6.10. The van der Waals surface area contributed by atoms with Gasteiger partial charge in [-0.05, 0) is 61.7 Å². The van der Waals surface area contributed by atoms with Gasteiger partial charge >= 0.3 is 0 Å². The molecule has 31 heavy (non-hydrogen) atoms. The van der Waals surface area contributed by atoms with Crippen LogP contribution in [0.5, 0.6) is 17.2 Å². The highest BCUT2D eigenvalue weighted by atomic mass is 16.5. The molecule has 7 heteroatoms. The van der Waals surface area contributed by atoms with Gasteiger partial charge in [-0.15, -0.1) is 0 Å². The first-order chi connectivity index (χ1) is 15.1. The molecule has 2 heterocycles. The van der Waals surface area contributed by atoms with E-state index in [0.717, 1.165) is 46.7 Å². The highest BCUT2D eigenvalue weighted by Gasteiger charge is 2.34. The first-order valence-corrected chi connectivity index (χ1v) is 10.7. The third kappa shape index (κ3) is 4.02. The van der Waals surface area contributed by atoms with Crippen molar-refractivity contribution in [2.45, 2.75) is 38.5 Å². The molecule has 0 fully saturated rings. The van der Waals surface area contributed by atoms with Crippen molar-refractivity contribution in [2.24, 2.45) is 0 Å². The molecule has 0 bridgehead atoms. The summed E-state index contributed by atoms with van der Waals surface area (Å²) < 4.78 is 23.1. The fourth-order valence-electron chi connectivity index (χ4n) is 4.52. The summed E-state index contributed by atoms with van der Waals surface area (Å²) in [5.74, 6) is 2.20. The summed E-state index contributed by atoms with van der Waals surface area (Å²) in [6.45, 7) is 5.61. The maximum absolute atomic E-state index is 11.8. The number of rotatable bonds is 8. The average molecular weight is 427 g/mol. The second-order valence-corrected chi connectivity index (χ2v) is 7.88. The number of nitrogens with one attached hydrogen (secondary N) is 1. The lowest BCUT2D eigenvalue weighted by Crippen LogP contribution is -2.37. The van der Waals surface area contributed by atoms with Crippen LogP contribution in [0.25, 0.3) is 0 Å². The average Bonchev–Trinajstić information content (AvgIpc) is 3.11. The molecule has 2 unspecified atom stereocenters. The van der Waals surface area contributed by atoms with Crippen LogP contribution in [0, 0.1) is 0 Å². The fraction of sp³-hybridized carbons (Fsp3) is 0.458. The molecule has 2 aliphatic heterocycles. The smallest absolute Gasteiger partial charge is 0.210 e. The van der Waals surface area contributed by atoms with Gasteiger partial charge in [0.25, 0.3) is 0 Å². The molecular weight excluding hydrogens is 396 g/mol. The van der Waals surface area contributed by atoms with Crippen molar-refractivity contribution in [3.8, 4) is 17.2 Å². The molecule has 0 aliphatic carbocycles. The van der Waals surface area contributed by atoms with Crippen LogP contribution in [-0.4, -0.2) is 51.3 Å². The van der Waals surface area contributed by atoms with Crippen LogP contribution >= 0.6 is 0 Å². The lowest BCUT2D eigenvalue weighted by Gasteiger charge is -2.36.